The molecule has 0 heterocycles. The molecule has 124 valence electrons. The van der Waals surface area contributed by atoms with Crippen molar-refractivity contribution in [1.82, 2.24) is 15.1 Å². The van der Waals surface area contributed by atoms with Crippen molar-refractivity contribution in [2.75, 3.05) is 65.6 Å². The average molecular weight is 305 g/mol. The summed E-state index contributed by atoms with van der Waals surface area (Å²) in [6.45, 7) is 2.30. The first-order valence-corrected chi connectivity index (χ1v) is 6.98. The molecule has 0 aromatic rings. The molecular weight excluding hydrogens is 278 g/mol. The van der Waals surface area contributed by atoms with Crippen molar-refractivity contribution in [1.29, 1.82) is 0 Å². The van der Waals surface area contributed by atoms with E-state index in [2.05, 4.69) is 5.32 Å². The van der Waals surface area contributed by atoms with E-state index in [-0.39, 0.29) is 11.8 Å². The van der Waals surface area contributed by atoms with Gasteiger partial charge in [-0.2, -0.15) is 0 Å². The van der Waals surface area contributed by atoms with E-state index in [0.29, 0.717) is 52.4 Å². The zero-order valence-electron chi connectivity index (χ0n) is 12.3. The smallest absolute Gasteiger partial charge is 0.248 e. The summed E-state index contributed by atoms with van der Waals surface area (Å²) in [5, 5.41) is 20.7. The van der Waals surface area contributed by atoms with E-state index in [1.807, 2.05) is 0 Å². The molecule has 2 amide bonds. The minimum atomic E-state index is -0.532. The van der Waals surface area contributed by atoms with Crippen LogP contribution in [0, 0.1) is 0 Å². The third-order valence-electron chi connectivity index (χ3n) is 2.89. The highest BCUT2D eigenvalue weighted by Gasteiger charge is 2.12. The van der Waals surface area contributed by atoms with E-state index in [1.54, 1.807) is 0 Å². The van der Waals surface area contributed by atoms with Gasteiger partial charge in [-0.3, -0.25) is 9.59 Å². The average Bonchev–Trinajstić information content (AvgIpc) is 2.50. The molecule has 21 heavy (non-hydrogen) atoms. The number of aliphatic hydroxyl groups excluding tert-OH is 2. The molecule has 0 bridgehead atoms. The molecule has 9 heteroatoms. The number of carbonyl (C=O) groups is 2. The van der Waals surface area contributed by atoms with E-state index < -0.39 is 13.2 Å². The Morgan fingerprint density at radius 2 is 1.19 bits per heavy atom. The van der Waals surface area contributed by atoms with E-state index in [9.17, 15) is 9.59 Å². The van der Waals surface area contributed by atoms with Crippen LogP contribution in [0.15, 0.2) is 0 Å². The fourth-order valence-corrected chi connectivity index (χ4v) is 1.79. The Hall–Kier alpha value is -1.26. The standard InChI is InChI=1S/C12H27N5O4/c13-1-5-16(11(20)9-18)7-3-15-4-8-17(6-2-14)12(21)10-19/h15,18-19H,1-10,13-14H2. The van der Waals surface area contributed by atoms with Crippen LogP contribution in [0.25, 0.3) is 0 Å². The van der Waals surface area contributed by atoms with Gasteiger partial charge < -0.3 is 36.8 Å². The van der Waals surface area contributed by atoms with E-state index in [1.165, 1.54) is 9.80 Å². The second kappa shape index (κ2) is 12.5. The van der Waals surface area contributed by atoms with Gasteiger partial charge in [-0.15, -0.1) is 0 Å². The van der Waals surface area contributed by atoms with Gasteiger partial charge in [0.1, 0.15) is 13.2 Å². The number of rotatable bonds is 12. The number of hydrogen-bond acceptors (Lipinski definition) is 7. The van der Waals surface area contributed by atoms with Crippen LogP contribution < -0.4 is 16.8 Å². The topological polar surface area (TPSA) is 145 Å². The molecule has 0 unspecified atom stereocenters. The lowest BCUT2D eigenvalue weighted by Crippen LogP contribution is -2.44. The summed E-state index contributed by atoms with van der Waals surface area (Å²) in [5.41, 5.74) is 10.8. The van der Waals surface area contributed by atoms with Crippen LogP contribution in [-0.2, 0) is 9.59 Å². The lowest BCUT2D eigenvalue weighted by atomic mass is 10.4. The minimum absolute atomic E-state index is 0.334. The first kappa shape index (κ1) is 19.7. The summed E-state index contributed by atoms with van der Waals surface area (Å²) in [4.78, 5) is 25.7. The summed E-state index contributed by atoms with van der Waals surface area (Å²) in [5.74, 6) is -0.718. The van der Waals surface area contributed by atoms with Gasteiger partial charge in [0, 0.05) is 52.4 Å². The van der Waals surface area contributed by atoms with Crippen LogP contribution in [0.1, 0.15) is 0 Å². The molecule has 0 saturated carbocycles. The first-order valence-electron chi connectivity index (χ1n) is 6.98. The maximum absolute atomic E-state index is 11.4. The quantitative estimate of drug-likeness (QED) is 0.232. The van der Waals surface area contributed by atoms with Crippen molar-refractivity contribution in [2.24, 2.45) is 11.5 Å². The van der Waals surface area contributed by atoms with Crippen LogP contribution in [0.5, 0.6) is 0 Å². The van der Waals surface area contributed by atoms with Crippen molar-refractivity contribution >= 4 is 11.8 Å². The number of nitrogens with two attached hydrogens (primary N) is 2. The number of amides is 2. The van der Waals surface area contributed by atoms with Crippen LogP contribution in [0.2, 0.25) is 0 Å². The maximum atomic E-state index is 11.4. The first-order chi connectivity index (χ1) is 10.1. The summed E-state index contributed by atoms with van der Waals surface area (Å²) in [6, 6.07) is 0. The normalized spacial score (nSPS) is 10.5. The van der Waals surface area contributed by atoms with Crippen LogP contribution >= 0.6 is 0 Å². The molecule has 0 atom stereocenters. The number of nitrogens with zero attached hydrogens (tertiary/aromatic N) is 2. The third kappa shape index (κ3) is 8.58. The summed E-state index contributed by atoms with van der Waals surface area (Å²) >= 11 is 0. The lowest BCUT2D eigenvalue weighted by molar-refractivity contribution is -0.134. The Bertz CT molecular complexity index is 275. The number of nitrogens with one attached hydrogen (secondary N) is 1. The SMILES string of the molecule is NCCN(CCNCCN(CCN)C(=O)CO)C(=O)CO. The van der Waals surface area contributed by atoms with Gasteiger partial charge in [-0.25, -0.2) is 0 Å². The monoisotopic (exact) mass is 305 g/mol. The largest absolute Gasteiger partial charge is 0.387 e. The van der Waals surface area contributed by atoms with Gasteiger partial charge in [0.25, 0.3) is 0 Å². The highest BCUT2D eigenvalue weighted by Crippen LogP contribution is 1.89. The molecule has 0 rings (SSSR count). The molecule has 0 spiro atoms. The molecule has 0 aliphatic rings. The highest BCUT2D eigenvalue weighted by atomic mass is 16.3. The third-order valence-corrected chi connectivity index (χ3v) is 2.89. The molecule has 0 saturated heterocycles. The second-order valence-electron chi connectivity index (χ2n) is 4.41. The van der Waals surface area contributed by atoms with Crippen molar-refractivity contribution < 1.29 is 19.8 Å². The molecule has 0 aliphatic heterocycles. The van der Waals surface area contributed by atoms with E-state index >= 15 is 0 Å². The van der Waals surface area contributed by atoms with E-state index in [4.69, 9.17) is 21.7 Å². The highest BCUT2D eigenvalue weighted by molar-refractivity contribution is 5.77. The Labute approximate surface area is 124 Å². The van der Waals surface area contributed by atoms with Gasteiger partial charge in [0.2, 0.25) is 11.8 Å². The molecule has 0 aromatic heterocycles. The predicted molar refractivity (Wildman–Crippen MR) is 78.3 cm³/mol. The minimum Gasteiger partial charge on any atom is -0.387 e. The predicted octanol–water partition coefficient (Wildman–Crippen LogP) is -3.86. The number of aliphatic hydroxyl groups is 2. The fourth-order valence-electron chi connectivity index (χ4n) is 1.79. The molecule has 9 nitrogen and oxygen atoms in total. The molecule has 0 radical (unpaired) electrons. The molecule has 0 aromatic carbocycles. The lowest BCUT2D eigenvalue weighted by Gasteiger charge is -2.23. The molecule has 7 N–H and O–H groups in total. The van der Waals surface area contributed by atoms with Crippen LogP contribution in [0.3, 0.4) is 0 Å². The van der Waals surface area contributed by atoms with Crippen molar-refractivity contribution in [3.05, 3.63) is 0 Å². The zero-order valence-corrected chi connectivity index (χ0v) is 12.3. The summed E-state index contributed by atoms with van der Waals surface area (Å²) in [6.07, 6.45) is 0. The maximum Gasteiger partial charge on any atom is 0.248 e. The van der Waals surface area contributed by atoms with Gasteiger partial charge in [-0.05, 0) is 0 Å². The van der Waals surface area contributed by atoms with Gasteiger partial charge in [0.05, 0.1) is 0 Å². The van der Waals surface area contributed by atoms with Gasteiger partial charge in [0.15, 0.2) is 0 Å². The van der Waals surface area contributed by atoms with Gasteiger partial charge >= 0.3 is 0 Å². The Morgan fingerprint density at radius 1 is 0.810 bits per heavy atom. The number of hydrogen-bond donors (Lipinski definition) is 5. The van der Waals surface area contributed by atoms with Crippen molar-refractivity contribution in [3.63, 3.8) is 0 Å². The van der Waals surface area contributed by atoms with Crippen molar-refractivity contribution in [2.45, 2.75) is 0 Å². The Kier molecular flexibility index (Phi) is 11.7. The number of carbonyl (C=O) groups excluding carboxylic acids is 2. The molecule has 0 fully saturated rings. The van der Waals surface area contributed by atoms with Crippen molar-refractivity contribution in [3.8, 4) is 0 Å². The Morgan fingerprint density at radius 3 is 1.48 bits per heavy atom. The summed E-state index contributed by atoms with van der Waals surface area (Å²) < 4.78 is 0. The molecular formula is C12H27N5O4. The second-order valence-corrected chi connectivity index (χ2v) is 4.41. The zero-order chi connectivity index (χ0) is 16.1. The van der Waals surface area contributed by atoms with Crippen LogP contribution in [0.4, 0.5) is 0 Å². The van der Waals surface area contributed by atoms with E-state index in [0.717, 1.165) is 0 Å². The summed E-state index contributed by atoms with van der Waals surface area (Å²) in [7, 11) is 0. The Balaban J connectivity index is 3.95. The molecule has 0 aliphatic carbocycles. The van der Waals surface area contributed by atoms with Gasteiger partial charge in [-0.1, -0.05) is 0 Å². The van der Waals surface area contributed by atoms with Crippen LogP contribution in [-0.4, -0.2) is 97.4 Å². The fraction of sp³-hybridized carbons (Fsp3) is 0.833.